The number of hydrogen-bond acceptors (Lipinski definition) is 2. The minimum Gasteiger partial charge on any atom is -0.497 e. The molecule has 2 rings (SSSR count). The van der Waals surface area contributed by atoms with Crippen molar-refractivity contribution in [2.45, 2.75) is 6.54 Å². The normalized spacial score (nSPS) is 10.2. The Labute approximate surface area is 114 Å². The average Bonchev–Trinajstić information content (AvgIpc) is 2.40. The first-order chi connectivity index (χ1) is 8.69. The molecule has 2 aromatic rings. The van der Waals surface area contributed by atoms with Gasteiger partial charge in [0.25, 0.3) is 0 Å². The Morgan fingerprint density at radius 1 is 1.22 bits per heavy atom. The van der Waals surface area contributed by atoms with E-state index in [1.165, 1.54) is 12.1 Å². The van der Waals surface area contributed by atoms with Crippen LogP contribution >= 0.6 is 15.9 Å². The Hall–Kier alpha value is -1.55. The van der Waals surface area contributed by atoms with Gasteiger partial charge in [0.15, 0.2) is 0 Å². The van der Waals surface area contributed by atoms with Crippen LogP contribution in [0.4, 0.5) is 10.1 Å². The lowest BCUT2D eigenvalue weighted by atomic mass is 10.2. The standard InChI is InChI=1S/C14H13BrFNO/c1-18-13-4-2-3-12(8-13)17-9-10-7-11(16)5-6-14(10)15/h2-8,17H,9H2,1H3. The second-order valence-corrected chi connectivity index (χ2v) is 4.68. The molecule has 0 aliphatic carbocycles. The van der Waals surface area contributed by atoms with E-state index in [1.54, 1.807) is 13.2 Å². The zero-order chi connectivity index (χ0) is 13.0. The van der Waals surface area contributed by atoms with Gasteiger partial charge >= 0.3 is 0 Å². The smallest absolute Gasteiger partial charge is 0.123 e. The second-order valence-electron chi connectivity index (χ2n) is 3.82. The summed E-state index contributed by atoms with van der Waals surface area (Å²) in [5.74, 6) is 0.555. The monoisotopic (exact) mass is 309 g/mol. The van der Waals surface area contributed by atoms with Gasteiger partial charge in [-0.3, -0.25) is 0 Å². The molecule has 1 N–H and O–H groups in total. The molecule has 94 valence electrons. The third-order valence-electron chi connectivity index (χ3n) is 2.56. The molecule has 0 bridgehead atoms. The van der Waals surface area contributed by atoms with E-state index in [9.17, 15) is 4.39 Å². The summed E-state index contributed by atoms with van der Waals surface area (Å²) >= 11 is 3.40. The molecule has 2 nitrogen and oxygen atoms in total. The van der Waals surface area contributed by atoms with Crippen molar-refractivity contribution in [3.63, 3.8) is 0 Å². The highest BCUT2D eigenvalue weighted by Crippen LogP contribution is 2.21. The first-order valence-electron chi connectivity index (χ1n) is 5.51. The van der Waals surface area contributed by atoms with E-state index in [2.05, 4.69) is 21.2 Å². The van der Waals surface area contributed by atoms with Crippen molar-refractivity contribution in [3.05, 3.63) is 58.3 Å². The van der Waals surface area contributed by atoms with Crippen LogP contribution in [0.2, 0.25) is 0 Å². The number of anilines is 1. The predicted molar refractivity (Wildman–Crippen MR) is 74.4 cm³/mol. The highest BCUT2D eigenvalue weighted by atomic mass is 79.9. The lowest BCUT2D eigenvalue weighted by Crippen LogP contribution is -2.00. The van der Waals surface area contributed by atoms with Crippen molar-refractivity contribution in [1.29, 1.82) is 0 Å². The molecule has 4 heteroatoms. The molecule has 0 unspecified atom stereocenters. The van der Waals surface area contributed by atoms with Gasteiger partial charge in [-0.25, -0.2) is 4.39 Å². The molecule has 18 heavy (non-hydrogen) atoms. The van der Waals surface area contributed by atoms with Crippen LogP contribution in [-0.2, 0) is 6.54 Å². The summed E-state index contributed by atoms with van der Waals surface area (Å²) in [6.45, 7) is 0.547. The Bertz CT molecular complexity index is 545. The lowest BCUT2D eigenvalue weighted by Gasteiger charge is -2.09. The summed E-state index contributed by atoms with van der Waals surface area (Å²) in [5.41, 5.74) is 1.81. The van der Waals surface area contributed by atoms with Crippen molar-refractivity contribution in [2.24, 2.45) is 0 Å². The van der Waals surface area contributed by atoms with Crippen molar-refractivity contribution >= 4 is 21.6 Å². The van der Waals surface area contributed by atoms with Crippen LogP contribution in [-0.4, -0.2) is 7.11 Å². The molecule has 0 radical (unpaired) electrons. The van der Waals surface area contributed by atoms with Gasteiger partial charge < -0.3 is 10.1 Å². The maximum absolute atomic E-state index is 13.1. The van der Waals surface area contributed by atoms with E-state index in [0.717, 1.165) is 21.5 Å². The van der Waals surface area contributed by atoms with E-state index in [0.29, 0.717) is 6.54 Å². The first kappa shape index (κ1) is 12.9. The van der Waals surface area contributed by atoms with Crippen LogP contribution in [0.25, 0.3) is 0 Å². The van der Waals surface area contributed by atoms with Crippen LogP contribution in [0.15, 0.2) is 46.9 Å². The van der Waals surface area contributed by atoms with Gasteiger partial charge in [0.2, 0.25) is 0 Å². The predicted octanol–water partition coefficient (Wildman–Crippen LogP) is 4.21. The molecule has 0 amide bonds. The van der Waals surface area contributed by atoms with Gasteiger partial charge in [0.1, 0.15) is 11.6 Å². The zero-order valence-corrected chi connectivity index (χ0v) is 11.5. The second kappa shape index (κ2) is 5.87. The average molecular weight is 310 g/mol. The van der Waals surface area contributed by atoms with Crippen molar-refractivity contribution in [3.8, 4) is 5.75 Å². The number of nitrogens with one attached hydrogen (secondary N) is 1. The van der Waals surface area contributed by atoms with Gasteiger partial charge in [0.05, 0.1) is 7.11 Å². The van der Waals surface area contributed by atoms with Gasteiger partial charge in [0, 0.05) is 22.8 Å². The third-order valence-corrected chi connectivity index (χ3v) is 3.33. The summed E-state index contributed by atoms with van der Waals surface area (Å²) in [7, 11) is 1.63. The summed E-state index contributed by atoms with van der Waals surface area (Å²) < 4.78 is 19.2. The fraction of sp³-hybridized carbons (Fsp3) is 0.143. The van der Waals surface area contributed by atoms with Crippen LogP contribution in [0.5, 0.6) is 5.75 Å². The molecular formula is C14H13BrFNO. The quantitative estimate of drug-likeness (QED) is 0.913. The van der Waals surface area contributed by atoms with Gasteiger partial charge in [-0.05, 0) is 35.9 Å². The van der Waals surface area contributed by atoms with Crippen LogP contribution < -0.4 is 10.1 Å². The molecule has 0 aromatic heterocycles. The molecule has 0 saturated heterocycles. The molecule has 0 aliphatic heterocycles. The molecular weight excluding hydrogens is 297 g/mol. The SMILES string of the molecule is COc1cccc(NCc2cc(F)ccc2Br)c1. The highest BCUT2D eigenvalue weighted by molar-refractivity contribution is 9.10. The van der Waals surface area contributed by atoms with E-state index in [1.807, 2.05) is 24.3 Å². The maximum Gasteiger partial charge on any atom is 0.123 e. The molecule has 0 fully saturated rings. The zero-order valence-electron chi connectivity index (χ0n) is 9.91. The third kappa shape index (κ3) is 3.23. The van der Waals surface area contributed by atoms with E-state index >= 15 is 0 Å². The van der Waals surface area contributed by atoms with E-state index in [-0.39, 0.29) is 5.82 Å². The van der Waals surface area contributed by atoms with E-state index < -0.39 is 0 Å². The number of methoxy groups -OCH3 is 1. The molecule has 2 aromatic carbocycles. The largest absolute Gasteiger partial charge is 0.497 e. The number of ether oxygens (including phenoxy) is 1. The fourth-order valence-electron chi connectivity index (χ4n) is 1.61. The van der Waals surface area contributed by atoms with Crippen molar-refractivity contribution < 1.29 is 9.13 Å². The number of halogens is 2. The van der Waals surface area contributed by atoms with E-state index in [4.69, 9.17) is 4.74 Å². The topological polar surface area (TPSA) is 21.3 Å². The Balaban J connectivity index is 2.08. The molecule has 0 saturated carbocycles. The summed E-state index contributed by atoms with van der Waals surface area (Å²) in [6.07, 6.45) is 0. The summed E-state index contributed by atoms with van der Waals surface area (Å²) in [4.78, 5) is 0. The number of hydrogen-bond donors (Lipinski definition) is 1. The van der Waals surface area contributed by atoms with Crippen molar-refractivity contribution in [2.75, 3.05) is 12.4 Å². The number of benzene rings is 2. The van der Waals surface area contributed by atoms with Crippen LogP contribution in [0, 0.1) is 5.82 Å². The summed E-state index contributed by atoms with van der Waals surface area (Å²) in [5, 5.41) is 3.23. The fourth-order valence-corrected chi connectivity index (χ4v) is 2.00. The lowest BCUT2D eigenvalue weighted by molar-refractivity contribution is 0.415. The summed E-state index contributed by atoms with van der Waals surface area (Å²) in [6, 6.07) is 12.3. The minimum atomic E-state index is -0.236. The van der Waals surface area contributed by atoms with Gasteiger partial charge in [-0.2, -0.15) is 0 Å². The van der Waals surface area contributed by atoms with Crippen molar-refractivity contribution in [1.82, 2.24) is 0 Å². The number of rotatable bonds is 4. The first-order valence-corrected chi connectivity index (χ1v) is 6.30. The Morgan fingerprint density at radius 2 is 2.06 bits per heavy atom. The minimum absolute atomic E-state index is 0.236. The molecule has 0 heterocycles. The molecule has 0 atom stereocenters. The molecule has 0 aliphatic rings. The van der Waals surface area contributed by atoms with Crippen LogP contribution in [0.3, 0.4) is 0 Å². The van der Waals surface area contributed by atoms with Gasteiger partial charge in [-0.15, -0.1) is 0 Å². The Kier molecular flexibility index (Phi) is 4.20. The maximum atomic E-state index is 13.1. The molecule has 0 spiro atoms. The highest BCUT2D eigenvalue weighted by Gasteiger charge is 2.02. The van der Waals surface area contributed by atoms with Crippen LogP contribution in [0.1, 0.15) is 5.56 Å². The Morgan fingerprint density at radius 3 is 2.83 bits per heavy atom. The van der Waals surface area contributed by atoms with Gasteiger partial charge in [-0.1, -0.05) is 22.0 Å².